The van der Waals surface area contributed by atoms with Gasteiger partial charge in [0.05, 0.1) is 0 Å². The van der Waals surface area contributed by atoms with Crippen molar-refractivity contribution in [3.8, 4) is 0 Å². The smallest absolute Gasteiger partial charge is 0.233 e. The summed E-state index contributed by atoms with van der Waals surface area (Å²) in [4.78, 5) is 10.4. The van der Waals surface area contributed by atoms with Crippen LogP contribution in [0.15, 0.2) is 24.3 Å². The fraction of sp³-hybridized carbons (Fsp3) is 0.417. The van der Waals surface area contributed by atoms with Crippen molar-refractivity contribution < 1.29 is 4.79 Å². The highest BCUT2D eigenvalue weighted by atomic mass is 35.5. The number of benzene rings is 1. The molecule has 0 aliphatic heterocycles. The molecule has 0 spiro atoms. The van der Waals surface area contributed by atoms with Crippen LogP contribution in [-0.4, -0.2) is 12.2 Å². The highest BCUT2D eigenvalue weighted by Crippen LogP contribution is 2.08. The summed E-state index contributed by atoms with van der Waals surface area (Å²) in [6, 6.07) is 7.61. The first-order chi connectivity index (χ1) is 6.86. The SMILES string of the molecule is O=[C]c1cccc(CCCCCCl)c1. The van der Waals surface area contributed by atoms with Crippen molar-refractivity contribution in [1.82, 2.24) is 0 Å². The number of rotatable bonds is 6. The molecule has 1 radical (unpaired) electrons. The second kappa shape index (κ2) is 6.61. The Morgan fingerprint density at radius 3 is 2.79 bits per heavy atom. The van der Waals surface area contributed by atoms with Crippen LogP contribution in [0.4, 0.5) is 0 Å². The molecule has 0 aliphatic rings. The number of hydrogen-bond acceptors (Lipinski definition) is 1. The van der Waals surface area contributed by atoms with Crippen molar-refractivity contribution in [3.05, 3.63) is 35.4 Å². The van der Waals surface area contributed by atoms with Crippen LogP contribution >= 0.6 is 11.6 Å². The molecule has 1 nitrogen and oxygen atoms in total. The number of aryl methyl sites for hydroxylation is 1. The summed E-state index contributed by atoms with van der Waals surface area (Å²) in [5, 5.41) is 0. The third kappa shape index (κ3) is 3.93. The summed E-state index contributed by atoms with van der Waals surface area (Å²) in [7, 11) is 0. The van der Waals surface area contributed by atoms with E-state index in [2.05, 4.69) is 0 Å². The molecule has 0 amide bonds. The van der Waals surface area contributed by atoms with Gasteiger partial charge in [-0.05, 0) is 30.9 Å². The van der Waals surface area contributed by atoms with E-state index in [-0.39, 0.29) is 0 Å². The minimum atomic E-state index is 0.639. The fourth-order valence-electron chi connectivity index (χ4n) is 1.39. The molecule has 0 aliphatic carbocycles. The Balaban J connectivity index is 2.38. The molecule has 1 aromatic rings. The fourth-order valence-corrected chi connectivity index (χ4v) is 1.58. The van der Waals surface area contributed by atoms with Gasteiger partial charge in [-0.1, -0.05) is 24.6 Å². The van der Waals surface area contributed by atoms with E-state index < -0.39 is 0 Å². The third-order valence-electron chi connectivity index (χ3n) is 2.14. The van der Waals surface area contributed by atoms with Crippen molar-refractivity contribution in [2.24, 2.45) is 0 Å². The van der Waals surface area contributed by atoms with Crippen molar-refractivity contribution in [2.75, 3.05) is 5.88 Å². The van der Waals surface area contributed by atoms with Crippen LogP contribution < -0.4 is 0 Å². The lowest BCUT2D eigenvalue weighted by Gasteiger charge is -2.00. The van der Waals surface area contributed by atoms with Crippen LogP contribution in [0.25, 0.3) is 0 Å². The van der Waals surface area contributed by atoms with E-state index in [9.17, 15) is 4.79 Å². The normalized spacial score (nSPS) is 10.1. The molecule has 0 aromatic heterocycles. The van der Waals surface area contributed by atoms with Gasteiger partial charge in [0, 0.05) is 11.4 Å². The quantitative estimate of drug-likeness (QED) is 0.520. The number of alkyl halides is 1. The zero-order valence-corrected chi connectivity index (χ0v) is 8.89. The topological polar surface area (TPSA) is 17.1 Å². The molecule has 0 fully saturated rings. The predicted octanol–water partition coefficient (Wildman–Crippen LogP) is 3.10. The van der Waals surface area contributed by atoms with Gasteiger partial charge in [0.1, 0.15) is 0 Å². The summed E-state index contributed by atoms with van der Waals surface area (Å²) in [6.07, 6.45) is 6.27. The van der Waals surface area contributed by atoms with E-state index in [0.717, 1.165) is 31.6 Å². The van der Waals surface area contributed by atoms with Crippen molar-refractivity contribution in [3.63, 3.8) is 0 Å². The molecule has 0 unspecified atom stereocenters. The molecule has 14 heavy (non-hydrogen) atoms. The first-order valence-corrected chi connectivity index (χ1v) is 5.43. The van der Waals surface area contributed by atoms with E-state index >= 15 is 0 Å². The Labute approximate surface area is 90.1 Å². The van der Waals surface area contributed by atoms with E-state index in [1.54, 1.807) is 6.07 Å². The third-order valence-corrected chi connectivity index (χ3v) is 2.41. The molecule has 0 bridgehead atoms. The highest BCUT2D eigenvalue weighted by molar-refractivity contribution is 6.17. The summed E-state index contributed by atoms with van der Waals surface area (Å²) in [5.41, 5.74) is 1.85. The molecule has 75 valence electrons. The van der Waals surface area contributed by atoms with Crippen LogP contribution in [0, 0.1) is 0 Å². The first kappa shape index (κ1) is 11.3. The molecule has 0 heterocycles. The lowest BCUT2D eigenvalue weighted by Crippen LogP contribution is -1.88. The Bertz CT molecular complexity index is 283. The number of halogens is 1. The maximum atomic E-state index is 10.4. The average molecular weight is 210 g/mol. The Morgan fingerprint density at radius 1 is 1.21 bits per heavy atom. The van der Waals surface area contributed by atoms with Gasteiger partial charge in [-0.15, -0.1) is 11.6 Å². The molecule has 1 aromatic carbocycles. The summed E-state index contributed by atoms with van der Waals surface area (Å²) in [5.74, 6) is 0.738. The maximum Gasteiger partial charge on any atom is 0.233 e. The minimum Gasteiger partial charge on any atom is -0.285 e. The predicted molar refractivity (Wildman–Crippen MR) is 59.5 cm³/mol. The number of hydrogen-bond donors (Lipinski definition) is 0. The van der Waals surface area contributed by atoms with E-state index in [0.29, 0.717) is 5.56 Å². The standard InChI is InChI=1S/C12H14ClO/c13-8-3-1-2-5-11-6-4-7-12(9-11)10-14/h4,6-7,9H,1-3,5,8H2. The zero-order chi connectivity index (χ0) is 10.2. The molecular weight excluding hydrogens is 196 g/mol. The number of carbonyl (C=O) groups excluding carboxylic acids is 1. The summed E-state index contributed by atoms with van der Waals surface area (Å²) < 4.78 is 0. The molecule has 0 N–H and O–H groups in total. The van der Waals surface area contributed by atoms with Gasteiger partial charge in [-0.3, -0.25) is 4.79 Å². The van der Waals surface area contributed by atoms with Crippen LogP contribution in [0.3, 0.4) is 0 Å². The number of unbranched alkanes of at least 4 members (excludes halogenated alkanes) is 2. The zero-order valence-electron chi connectivity index (χ0n) is 8.13. The Hall–Kier alpha value is -0.820. The maximum absolute atomic E-state index is 10.4. The van der Waals surface area contributed by atoms with E-state index in [1.165, 1.54) is 5.56 Å². The molecule has 1 rings (SSSR count). The van der Waals surface area contributed by atoms with Crippen molar-refractivity contribution >= 4 is 17.9 Å². The van der Waals surface area contributed by atoms with E-state index in [1.807, 2.05) is 24.5 Å². The first-order valence-electron chi connectivity index (χ1n) is 4.90. The van der Waals surface area contributed by atoms with E-state index in [4.69, 9.17) is 11.6 Å². The molecule has 0 atom stereocenters. The van der Waals surface area contributed by atoms with Crippen LogP contribution in [0.2, 0.25) is 0 Å². The van der Waals surface area contributed by atoms with Gasteiger partial charge < -0.3 is 0 Å². The Morgan fingerprint density at radius 2 is 2.07 bits per heavy atom. The van der Waals surface area contributed by atoms with Gasteiger partial charge in [-0.2, -0.15) is 0 Å². The van der Waals surface area contributed by atoms with Crippen LogP contribution in [-0.2, 0) is 11.2 Å². The molecule has 0 saturated carbocycles. The second-order valence-electron chi connectivity index (χ2n) is 3.30. The largest absolute Gasteiger partial charge is 0.285 e. The highest BCUT2D eigenvalue weighted by Gasteiger charge is 1.95. The Kier molecular flexibility index (Phi) is 5.31. The monoisotopic (exact) mass is 209 g/mol. The van der Waals surface area contributed by atoms with Gasteiger partial charge in [-0.25, -0.2) is 0 Å². The lowest BCUT2D eigenvalue weighted by molar-refractivity contribution is 0.562. The van der Waals surface area contributed by atoms with Gasteiger partial charge in [0.25, 0.3) is 0 Å². The average Bonchev–Trinajstić information content (AvgIpc) is 2.25. The second-order valence-corrected chi connectivity index (χ2v) is 3.68. The van der Waals surface area contributed by atoms with Crippen LogP contribution in [0.5, 0.6) is 0 Å². The van der Waals surface area contributed by atoms with Crippen LogP contribution in [0.1, 0.15) is 30.4 Å². The summed E-state index contributed by atoms with van der Waals surface area (Å²) in [6.45, 7) is 0. The minimum absolute atomic E-state index is 0.639. The van der Waals surface area contributed by atoms with Gasteiger partial charge >= 0.3 is 0 Å². The lowest BCUT2D eigenvalue weighted by atomic mass is 10.1. The molecular formula is C12H14ClO. The summed E-state index contributed by atoms with van der Waals surface area (Å²) >= 11 is 5.58. The van der Waals surface area contributed by atoms with Crippen molar-refractivity contribution in [2.45, 2.75) is 25.7 Å². The van der Waals surface area contributed by atoms with Gasteiger partial charge in [0.2, 0.25) is 6.29 Å². The van der Waals surface area contributed by atoms with Crippen molar-refractivity contribution in [1.29, 1.82) is 0 Å². The molecule has 2 heteroatoms. The van der Waals surface area contributed by atoms with Gasteiger partial charge in [0.15, 0.2) is 0 Å². The molecule has 0 saturated heterocycles.